The van der Waals surface area contributed by atoms with Crippen LogP contribution in [0.2, 0.25) is 5.02 Å². The van der Waals surface area contributed by atoms with Crippen molar-refractivity contribution in [2.24, 2.45) is 0 Å². The van der Waals surface area contributed by atoms with Crippen molar-refractivity contribution in [2.75, 3.05) is 5.73 Å². The van der Waals surface area contributed by atoms with Gasteiger partial charge in [0.15, 0.2) is 0 Å². The van der Waals surface area contributed by atoms with Crippen LogP contribution in [0, 0.1) is 6.92 Å². The first-order valence-electron chi connectivity index (χ1n) is 5.44. The summed E-state index contributed by atoms with van der Waals surface area (Å²) in [6.45, 7) is 1.57. The Morgan fingerprint density at radius 2 is 1.95 bits per heavy atom. The molecule has 0 saturated heterocycles. The minimum absolute atomic E-state index is 0.0743. The van der Waals surface area contributed by atoms with E-state index in [2.05, 4.69) is 5.10 Å². The van der Waals surface area contributed by atoms with Gasteiger partial charge in [0.2, 0.25) is 0 Å². The Balaban J connectivity index is 2.42. The molecule has 0 aliphatic rings. The first-order valence-corrected chi connectivity index (χ1v) is 5.82. The minimum atomic E-state index is -4.41. The van der Waals surface area contributed by atoms with Gasteiger partial charge in [0, 0.05) is 0 Å². The van der Waals surface area contributed by atoms with Crippen molar-refractivity contribution < 1.29 is 13.2 Å². The molecule has 0 unspecified atom stereocenters. The van der Waals surface area contributed by atoms with Crippen LogP contribution in [0.25, 0.3) is 0 Å². The molecule has 7 heteroatoms. The van der Waals surface area contributed by atoms with Crippen LogP contribution in [0.3, 0.4) is 0 Å². The molecule has 102 valence electrons. The molecule has 2 N–H and O–H groups in total. The van der Waals surface area contributed by atoms with Crippen molar-refractivity contribution in [3.05, 3.63) is 46.1 Å². The van der Waals surface area contributed by atoms with Crippen molar-refractivity contribution in [3.63, 3.8) is 0 Å². The van der Waals surface area contributed by atoms with Crippen LogP contribution in [-0.2, 0) is 12.7 Å². The summed E-state index contributed by atoms with van der Waals surface area (Å²) in [5.74, 6) is 0.163. The van der Waals surface area contributed by atoms with Crippen LogP contribution in [0.5, 0.6) is 0 Å². The number of benzene rings is 1. The number of rotatable bonds is 2. The van der Waals surface area contributed by atoms with E-state index in [4.69, 9.17) is 17.3 Å². The Morgan fingerprint density at radius 3 is 2.47 bits per heavy atom. The Kier molecular flexibility index (Phi) is 3.45. The van der Waals surface area contributed by atoms with Gasteiger partial charge in [-0.25, -0.2) is 4.68 Å². The lowest BCUT2D eigenvalue weighted by molar-refractivity contribution is -0.138. The minimum Gasteiger partial charge on any atom is -0.383 e. The number of anilines is 1. The standard InChI is InChI=1S/C12H11ClF3N3/c1-7-10(13)11(17)19(18-7)6-8-4-2-3-5-9(8)12(14,15)16/h2-5H,6,17H2,1H3. The molecule has 0 amide bonds. The van der Waals surface area contributed by atoms with Crippen LogP contribution in [-0.4, -0.2) is 9.78 Å². The van der Waals surface area contributed by atoms with Crippen molar-refractivity contribution >= 4 is 17.4 Å². The van der Waals surface area contributed by atoms with Gasteiger partial charge in [-0.1, -0.05) is 29.8 Å². The van der Waals surface area contributed by atoms with Gasteiger partial charge < -0.3 is 5.73 Å². The molecule has 1 aromatic carbocycles. The molecule has 0 aliphatic heterocycles. The van der Waals surface area contributed by atoms with Crippen molar-refractivity contribution in [1.82, 2.24) is 9.78 Å². The third-order valence-corrected chi connectivity index (χ3v) is 3.20. The quantitative estimate of drug-likeness (QED) is 0.919. The zero-order valence-corrected chi connectivity index (χ0v) is 10.8. The number of hydrogen-bond donors (Lipinski definition) is 1. The summed E-state index contributed by atoms with van der Waals surface area (Å²) in [6, 6.07) is 5.31. The molecule has 0 fully saturated rings. The first-order chi connectivity index (χ1) is 8.80. The molecular formula is C12H11ClF3N3. The van der Waals surface area contributed by atoms with Crippen LogP contribution in [0.4, 0.5) is 19.0 Å². The number of hydrogen-bond acceptors (Lipinski definition) is 2. The second kappa shape index (κ2) is 4.77. The zero-order chi connectivity index (χ0) is 14.2. The fourth-order valence-corrected chi connectivity index (χ4v) is 1.93. The largest absolute Gasteiger partial charge is 0.416 e. The number of halogens is 4. The van der Waals surface area contributed by atoms with E-state index in [1.165, 1.54) is 16.8 Å². The summed E-state index contributed by atoms with van der Waals surface area (Å²) in [6.07, 6.45) is -4.41. The Bertz CT molecular complexity index is 605. The van der Waals surface area contributed by atoms with Crippen LogP contribution >= 0.6 is 11.6 Å². The highest BCUT2D eigenvalue weighted by atomic mass is 35.5. The van der Waals surface area contributed by atoms with Crippen molar-refractivity contribution in [2.45, 2.75) is 19.6 Å². The maximum absolute atomic E-state index is 12.8. The molecule has 0 bridgehead atoms. The van der Waals surface area contributed by atoms with E-state index in [0.717, 1.165) is 6.07 Å². The normalized spacial score (nSPS) is 11.8. The second-order valence-electron chi connectivity index (χ2n) is 4.10. The summed E-state index contributed by atoms with van der Waals surface area (Å²) in [5, 5.41) is 4.29. The van der Waals surface area contributed by atoms with Crippen molar-refractivity contribution in [1.29, 1.82) is 0 Å². The number of aryl methyl sites for hydroxylation is 1. The van der Waals surface area contributed by atoms with E-state index in [1.54, 1.807) is 13.0 Å². The predicted octanol–water partition coefficient (Wildman–Crippen LogP) is 3.49. The Morgan fingerprint density at radius 1 is 1.32 bits per heavy atom. The second-order valence-corrected chi connectivity index (χ2v) is 4.48. The molecule has 2 aromatic rings. The maximum atomic E-state index is 12.8. The van der Waals surface area contributed by atoms with Gasteiger partial charge in [-0.05, 0) is 18.6 Å². The molecule has 1 aromatic heterocycles. The fourth-order valence-electron chi connectivity index (χ4n) is 1.79. The molecule has 2 rings (SSSR count). The van der Waals surface area contributed by atoms with Crippen LogP contribution in [0.1, 0.15) is 16.8 Å². The molecule has 1 heterocycles. The van der Waals surface area contributed by atoms with Gasteiger partial charge >= 0.3 is 6.18 Å². The lowest BCUT2D eigenvalue weighted by atomic mass is 10.1. The average Bonchev–Trinajstić information content (AvgIpc) is 2.56. The molecule has 0 atom stereocenters. The molecule has 0 radical (unpaired) electrons. The number of aromatic nitrogens is 2. The number of nitrogen functional groups attached to an aromatic ring is 1. The Labute approximate surface area is 112 Å². The van der Waals surface area contributed by atoms with E-state index in [-0.39, 0.29) is 22.9 Å². The van der Waals surface area contributed by atoms with Gasteiger partial charge in [-0.2, -0.15) is 18.3 Å². The van der Waals surface area contributed by atoms with Gasteiger partial charge in [0.05, 0.1) is 17.8 Å². The summed E-state index contributed by atoms with van der Waals surface area (Å²) < 4.78 is 39.8. The summed E-state index contributed by atoms with van der Waals surface area (Å²) in [4.78, 5) is 0. The number of nitrogens with two attached hydrogens (primary N) is 1. The highest BCUT2D eigenvalue weighted by molar-refractivity contribution is 6.33. The maximum Gasteiger partial charge on any atom is 0.416 e. The summed E-state index contributed by atoms with van der Waals surface area (Å²) in [7, 11) is 0. The van der Waals surface area contributed by atoms with E-state index in [0.29, 0.717) is 5.69 Å². The molecular weight excluding hydrogens is 279 g/mol. The SMILES string of the molecule is Cc1nn(Cc2ccccc2C(F)(F)F)c(N)c1Cl. The third-order valence-electron chi connectivity index (χ3n) is 2.73. The van der Waals surface area contributed by atoms with E-state index < -0.39 is 11.7 Å². The number of nitrogens with zero attached hydrogens (tertiary/aromatic N) is 2. The van der Waals surface area contributed by atoms with Crippen LogP contribution in [0.15, 0.2) is 24.3 Å². The van der Waals surface area contributed by atoms with E-state index in [1.807, 2.05) is 0 Å². The fraction of sp³-hybridized carbons (Fsp3) is 0.250. The lowest BCUT2D eigenvalue weighted by Crippen LogP contribution is -2.13. The smallest absolute Gasteiger partial charge is 0.383 e. The summed E-state index contributed by atoms with van der Waals surface area (Å²) in [5.41, 5.74) is 5.59. The van der Waals surface area contributed by atoms with Gasteiger partial charge in [-0.15, -0.1) is 0 Å². The highest BCUT2D eigenvalue weighted by Gasteiger charge is 2.33. The predicted molar refractivity (Wildman–Crippen MR) is 66.9 cm³/mol. The topological polar surface area (TPSA) is 43.8 Å². The van der Waals surface area contributed by atoms with Gasteiger partial charge in [-0.3, -0.25) is 0 Å². The van der Waals surface area contributed by atoms with Crippen LogP contribution < -0.4 is 5.73 Å². The molecule has 3 nitrogen and oxygen atoms in total. The Hall–Kier alpha value is -1.69. The third kappa shape index (κ3) is 2.68. The first kappa shape index (κ1) is 13.7. The number of alkyl halides is 3. The molecule has 0 saturated carbocycles. The van der Waals surface area contributed by atoms with E-state index >= 15 is 0 Å². The van der Waals surface area contributed by atoms with Gasteiger partial charge in [0.25, 0.3) is 0 Å². The molecule has 0 spiro atoms. The van der Waals surface area contributed by atoms with Gasteiger partial charge in [0.1, 0.15) is 10.8 Å². The zero-order valence-electron chi connectivity index (χ0n) is 10.0. The summed E-state index contributed by atoms with van der Waals surface area (Å²) >= 11 is 5.86. The molecule has 0 aliphatic carbocycles. The monoisotopic (exact) mass is 289 g/mol. The van der Waals surface area contributed by atoms with Crippen molar-refractivity contribution in [3.8, 4) is 0 Å². The van der Waals surface area contributed by atoms with E-state index in [9.17, 15) is 13.2 Å². The molecule has 19 heavy (non-hydrogen) atoms. The average molecular weight is 290 g/mol. The highest BCUT2D eigenvalue weighted by Crippen LogP contribution is 2.33. The lowest BCUT2D eigenvalue weighted by Gasteiger charge is -2.13.